The average molecular weight is 704 g/mol. The SMILES string of the molecule is CC(C)(C)OC(=O)Cc1cc(F)ccc1NC(=O)c1ccc(N2CCC(C(F)F)CC2)c(NC(=O)c2nn(CC(F)(F)F)c3ccccc23)c1. The third-order valence-corrected chi connectivity index (χ3v) is 8.02. The van der Waals surface area contributed by atoms with E-state index < -0.39 is 54.3 Å². The van der Waals surface area contributed by atoms with Crippen molar-refractivity contribution in [3.8, 4) is 0 Å². The van der Waals surface area contributed by atoms with Crippen molar-refractivity contribution in [1.29, 1.82) is 0 Å². The molecule has 1 aliphatic rings. The number of halogens is 6. The fraction of sp³-hybridized carbons (Fsp3) is 0.371. The normalized spacial score (nSPS) is 14.2. The largest absolute Gasteiger partial charge is 0.460 e. The number of carbonyl (C=O) groups excluding carboxylic acids is 3. The van der Waals surface area contributed by atoms with E-state index in [1.807, 2.05) is 0 Å². The van der Waals surface area contributed by atoms with Gasteiger partial charge in [0.2, 0.25) is 6.43 Å². The summed E-state index contributed by atoms with van der Waals surface area (Å²) in [5.41, 5.74) is -0.220. The molecule has 50 heavy (non-hydrogen) atoms. The molecule has 0 atom stereocenters. The summed E-state index contributed by atoms with van der Waals surface area (Å²) < 4.78 is 86.9. The lowest BCUT2D eigenvalue weighted by Crippen LogP contribution is -2.36. The molecule has 4 aromatic rings. The number of fused-ring (bicyclic) bond motifs is 1. The quantitative estimate of drug-likeness (QED) is 0.137. The van der Waals surface area contributed by atoms with Crippen LogP contribution in [0.5, 0.6) is 0 Å². The molecule has 0 saturated carbocycles. The average Bonchev–Trinajstić information content (AvgIpc) is 3.38. The third kappa shape index (κ3) is 8.93. The number of piperidine rings is 1. The topological polar surface area (TPSA) is 106 Å². The molecule has 0 spiro atoms. The number of ether oxygens (including phenoxy) is 1. The first-order valence-corrected chi connectivity index (χ1v) is 15.8. The molecule has 0 unspecified atom stereocenters. The van der Waals surface area contributed by atoms with Gasteiger partial charge in [0.1, 0.15) is 18.0 Å². The molecule has 0 bridgehead atoms. The summed E-state index contributed by atoms with van der Waals surface area (Å²) in [5, 5.41) is 9.45. The fourth-order valence-electron chi connectivity index (χ4n) is 5.77. The molecule has 2 heterocycles. The zero-order valence-electron chi connectivity index (χ0n) is 27.4. The van der Waals surface area contributed by atoms with Crippen LogP contribution in [0.25, 0.3) is 10.9 Å². The van der Waals surface area contributed by atoms with E-state index in [1.165, 1.54) is 42.5 Å². The van der Waals surface area contributed by atoms with Gasteiger partial charge >= 0.3 is 12.1 Å². The lowest BCUT2D eigenvalue weighted by molar-refractivity contribution is -0.154. The molecular formula is C35H35F6N5O4. The number of para-hydroxylation sites is 1. The highest BCUT2D eigenvalue weighted by atomic mass is 19.4. The first kappa shape index (κ1) is 36.2. The van der Waals surface area contributed by atoms with Crippen molar-refractivity contribution < 1.29 is 45.5 Å². The van der Waals surface area contributed by atoms with Crippen LogP contribution in [0.3, 0.4) is 0 Å². The Kier molecular flexibility index (Phi) is 10.4. The summed E-state index contributed by atoms with van der Waals surface area (Å²) in [7, 11) is 0. The third-order valence-electron chi connectivity index (χ3n) is 8.02. The number of amides is 2. The minimum atomic E-state index is -4.61. The highest BCUT2D eigenvalue weighted by Gasteiger charge is 2.32. The number of anilines is 3. The molecule has 2 amide bonds. The van der Waals surface area contributed by atoms with Gasteiger partial charge in [0.25, 0.3) is 11.8 Å². The molecule has 2 N–H and O–H groups in total. The van der Waals surface area contributed by atoms with Gasteiger partial charge in [-0.1, -0.05) is 18.2 Å². The second-order valence-electron chi connectivity index (χ2n) is 13.0. The highest BCUT2D eigenvalue weighted by molar-refractivity contribution is 6.13. The summed E-state index contributed by atoms with van der Waals surface area (Å²) in [6.45, 7) is 4.04. The van der Waals surface area contributed by atoms with E-state index in [1.54, 1.807) is 31.7 Å². The van der Waals surface area contributed by atoms with Crippen LogP contribution in [0.1, 0.15) is 60.0 Å². The summed E-state index contributed by atoms with van der Waals surface area (Å²) in [4.78, 5) is 41.5. The maximum atomic E-state index is 14.2. The van der Waals surface area contributed by atoms with Crippen LogP contribution >= 0.6 is 0 Å². The van der Waals surface area contributed by atoms with Crippen molar-refractivity contribution in [3.63, 3.8) is 0 Å². The smallest absolute Gasteiger partial charge is 0.408 e. The first-order valence-electron chi connectivity index (χ1n) is 15.8. The molecule has 9 nitrogen and oxygen atoms in total. The van der Waals surface area contributed by atoms with Gasteiger partial charge < -0.3 is 20.3 Å². The number of carbonyl (C=O) groups is 3. The number of esters is 1. The molecule has 266 valence electrons. The number of hydrogen-bond acceptors (Lipinski definition) is 6. The van der Waals surface area contributed by atoms with Crippen molar-refractivity contribution in [3.05, 3.63) is 83.3 Å². The van der Waals surface area contributed by atoms with Crippen molar-refractivity contribution in [2.45, 2.75) is 64.8 Å². The Hall–Kier alpha value is -5.08. The number of nitrogens with one attached hydrogen (secondary N) is 2. The van der Waals surface area contributed by atoms with Crippen LogP contribution in [0, 0.1) is 11.7 Å². The zero-order valence-corrected chi connectivity index (χ0v) is 27.4. The molecule has 1 fully saturated rings. The first-order chi connectivity index (χ1) is 23.5. The van der Waals surface area contributed by atoms with Crippen LogP contribution in [-0.4, -0.2) is 58.9 Å². The number of nitrogens with zero attached hydrogens (tertiary/aromatic N) is 3. The lowest BCUT2D eigenvalue weighted by Gasteiger charge is -2.34. The molecule has 1 aromatic heterocycles. The number of hydrogen-bond donors (Lipinski definition) is 2. The van der Waals surface area contributed by atoms with Gasteiger partial charge in [0, 0.05) is 35.6 Å². The Balaban J connectivity index is 1.46. The van der Waals surface area contributed by atoms with Crippen LogP contribution in [-0.2, 0) is 22.5 Å². The highest BCUT2D eigenvalue weighted by Crippen LogP contribution is 2.34. The van der Waals surface area contributed by atoms with Gasteiger partial charge in [-0.15, -0.1) is 0 Å². The standard InChI is InChI=1S/C35H35F6N5O4/c1-34(2,3)50-29(47)18-22-16-23(36)9-10-25(22)42-32(48)21-8-11-28(45-14-12-20(13-15-45)31(37)38)26(17-21)43-33(49)30-24-6-4-5-7-27(24)46(44-30)19-35(39,40)41/h4-11,16-17,20,31H,12-15,18-19H2,1-3H3,(H,42,48)(H,43,49). The molecule has 5 rings (SSSR count). The predicted octanol–water partition coefficient (Wildman–Crippen LogP) is 7.61. The molecule has 0 aliphatic carbocycles. The Morgan fingerprint density at radius 3 is 2.26 bits per heavy atom. The van der Waals surface area contributed by atoms with Crippen molar-refractivity contribution >= 4 is 45.7 Å². The summed E-state index contributed by atoms with van der Waals surface area (Å²) in [6, 6.07) is 13.7. The van der Waals surface area contributed by atoms with E-state index in [0.29, 0.717) is 10.4 Å². The van der Waals surface area contributed by atoms with Crippen molar-refractivity contribution in [2.75, 3.05) is 28.6 Å². The van der Waals surface area contributed by atoms with Crippen LogP contribution in [0.15, 0.2) is 60.7 Å². The molecule has 1 saturated heterocycles. The monoisotopic (exact) mass is 703 g/mol. The summed E-state index contributed by atoms with van der Waals surface area (Å²) in [6.07, 6.45) is -7.10. The van der Waals surface area contributed by atoms with E-state index in [0.717, 1.165) is 12.1 Å². The number of rotatable bonds is 9. The van der Waals surface area contributed by atoms with Crippen molar-refractivity contribution in [2.24, 2.45) is 5.92 Å². The van der Waals surface area contributed by atoms with Gasteiger partial charge in [0.05, 0.1) is 23.3 Å². The van der Waals surface area contributed by atoms with E-state index in [2.05, 4.69) is 15.7 Å². The Morgan fingerprint density at radius 2 is 1.60 bits per heavy atom. The second-order valence-corrected chi connectivity index (χ2v) is 13.0. The fourth-order valence-corrected chi connectivity index (χ4v) is 5.77. The van der Waals surface area contributed by atoms with E-state index in [-0.39, 0.29) is 71.5 Å². The second kappa shape index (κ2) is 14.4. The molecule has 3 aromatic carbocycles. The zero-order chi connectivity index (χ0) is 36.4. The van der Waals surface area contributed by atoms with Crippen molar-refractivity contribution in [1.82, 2.24) is 9.78 Å². The molecule has 1 aliphatic heterocycles. The lowest BCUT2D eigenvalue weighted by atomic mass is 9.96. The Bertz CT molecular complexity index is 1890. The van der Waals surface area contributed by atoms with Gasteiger partial charge in [-0.05, 0) is 81.6 Å². The minimum Gasteiger partial charge on any atom is -0.460 e. The Labute approximate surface area is 283 Å². The van der Waals surface area contributed by atoms with Gasteiger partial charge in [0.15, 0.2) is 5.69 Å². The van der Waals surface area contributed by atoms with Crippen LogP contribution in [0.4, 0.5) is 43.4 Å². The van der Waals surface area contributed by atoms with Gasteiger partial charge in [-0.3, -0.25) is 19.1 Å². The maximum absolute atomic E-state index is 14.2. The Morgan fingerprint density at radius 1 is 0.920 bits per heavy atom. The molecular weight excluding hydrogens is 668 g/mol. The van der Waals surface area contributed by atoms with E-state index >= 15 is 0 Å². The van der Waals surface area contributed by atoms with Gasteiger partial charge in [-0.2, -0.15) is 18.3 Å². The van der Waals surface area contributed by atoms with Crippen LogP contribution in [0.2, 0.25) is 0 Å². The minimum absolute atomic E-state index is 0.0199. The van der Waals surface area contributed by atoms with Crippen LogP contribution < -0.4 is 15.5 Å². The summed E-state index contributed by atoms with van der Waals surface area (Å²) in [5.74, 6) is -3.64. The molecule has 0 radical (unpaired) electrons. The van der Waals surface area contributed by atoms with E-state index in [4.69, 9.17) is 4.74 Å². The summed E-state index contributed by atoms with van der Waals surface area (Å²) >= 11 is 0. The van der Waals surface area contributed by atoms with Gasteiger partial charge in [-0.25, -0.2) is 13.2 Å². The number of alkyl halides is 5. The van der Waals surface area contributed by atoms with E-state index in [9.17, 15) is 40.7 Å². The number of benzene rings is 3. The maximum Gasteiger partial charge on any atom is 0.408 e. The predicted molar refractivity (Wildman–Crippen MR) is 175 cm³/mol. The number of aromatic nitrogens is 2. The molecule has 15 heteroatoms.